The lowest BCUT2D eigenvalue weighted by atomic mass is 10.1. The van der Waals surface area contributed by atoms with Crippen LogP contribution in [0.4, 0.5) is 0 Å². The van der Waals surface area contributed by atoms with Gasteiger partial charge in [-0.25, -0.2) is 4.98 Å². The van der Waals surface area contributed by atoms with Crippen molar-refractivity contribution < 1.29 is 0 Å². The van der Waals surface area contributed by atoms with Gasteiger partial charge < -0.3 is 9.88 Å². The van der Waals surface area contributed by atoms with Gasteiger partial charge in [-0.15, -0.1) is 0 Å². The number of rotatable bonds is 4. The highest BCUT2D eigenvalue weighted by Gasteiger charge is 2.20. The molecule has 0 amide bonds. The molecule has 1 aliphatic rings. The smallest absolute Gasteiger partial charge is 0.157 e. The number of aryl methyl sites for hydroxylation is 1. The predicted molar refractivity (Wildman–Crippen MR) is 73.2 cm³/mol. The lowest BCUT2D eigenvalue weighted by molar-refractivity contribution is 0.575. The van der Waals surface area contributed by atoms with Crippen molar-refractivity contribution in [3.05, 3.63) is 18.2 Å². The van der Waals surface area contributed by atoms with E-state index in [2.05, 4.69) is 29.1 Å². The van der Waals surface area contributed by atoms with Gasteiger partial charge in [-0.1, -0.05) is 25.6 Å². The minimum absolute atomic E-state index is 0.652. The van der Waals surface area contributed by atoms with Crippen molar-refractivity contribution in [1.29, 1.82) is 0 Å². The van der Waals surface area contributed by atoms with E-state index in [1.807, 2.05) is 35.8 Å². The first-order valence-electron chi connectivity index (χ1n) is 6.06. The minimum Gasteiger partial charge on any atom is -0.358 e. The molecule has 5 heteroatoms. The van der Waals surface area contributed by atoms with Gasteiger partial charge in [0.15, 0.2) is 5.17 Å². The van der Waals surface area contributed by atoms with Gasteiger partial charge in [0.05, 0.1) is 13.1 Å². The Labute approximate surface area is 107 Å². The van der Waals surface area contributed by atoms with Crippen molar-refractivity contribution in [2.24, 2.45) is 18.0 Å². The maximum Gasteiger partial charge on any atom is 0.157 e. The molecule has 1 aliphatic heterocycles. The molecule has 0 spiro atoms. The fourth-order valence-electron chi connectivity index (χ4n) is 1.88. The number of amidine groups is 1. The van der Waals surface area contributed by atoms with Crippen molar-refractivity contribution >= 4 is 16.9 Å². The fourth-order valence-corrected chi connectivity index (χ4v) is 3.14. The van der Waals surface area contributed by atoms with Gasteiger partial charge in [-0.05, 0) is 12.3 Å². The molecule has 4 nitrogen and oxygen atoms in total. The van der Waals surface area contributed by atoms with Gasteiger partial charge in [0.25, 0.3) is 0 Å². The van der Waals surface area contributed by atoms with Crippen LogP contribution in [0.5, 0.6) is 0 Å². The van der Waals surface area contributed by atoms with Crippen LogP contribution in [-0.2, 0) is 13.6 Å². The Balaban J connectivity index is 1.77. The molecule has 0 saturated heterocycles. The molecule has 2 rings (SSSR count). The van der Waals surface area contributed by atoms with E-state index in [0.29, 0.717) is 5.25 Å². The van der Waals surface area contributed by atoms with E-state index in [0.717, 1.165) is 30.0 Å². The zero-order valence-corrected chi connectivity index (χ0v) is 11.5. The van der Waals surface area contributed by atoms with Crippen molar-refractivity contribution in [3.8, 4) is 0 Å². The Kier molecular flexibility index (Phi) is 4.10. The number of aliphatic imine (C=N–C) groups is 1. The molecule has 1 unspecified atom stereocenters. The van der Waals surface area contributed by atoms with Crippen LogP contribution in [0.25, 0.3) is 0 Å². The standard InChI is InChI=1S/C12H20N4S/c1-9(2)6-10-7-14-12(17-10)15-8-11-13-4-5-16(11)3/h4-5,9-10H,6-8H2,1-3H3,(H,14,15). The summed E-state index contributed by atoms with van der Waals surface area (Å²) in [5, 5.41) is 5.08. The maximum absolute atomic E-state index is 4.53. The molecule has 0 radical (unpaired) electrons. The van der Waals surface area contributed by atoms with E-state index < -0.39 is 0 Å². The number of hydrogen-bond acceptors (Lipinski definition) is 4. The Morgan fingerprint density at radius 2 is 2.41 bits per heavy atom. The summed E-state index contributed by atoms with van der Waals surface area (Å²) in [6.45, 7) is 6.23. The van der Waals surface area contributed by atoms with Gasteiger partial charge in [-0.2, -0.15) is 0 Å². The van der Waals surface area contributed by atoms with Crippen molar-refractivity contribution in [3.63, 3.8) is 0 Å². The molecule has 1 aromatic heterocycles. The summed E-state index contributed by atoms with van der Waals surface area (Å²) in [6.07, 6.45) is 5.02. The number of imidazole rings is 1. The Morgan fingerprint density at radius 3 is 3.06 bits per heavy atom. The molecule has 1 atom stereocenters. The van der Waals surface area contributed by atoms with Crippen LogP contribution < -0.4 is 5.32 Å². The third-order valence-electron chi connectivity index (χ3n) is 2.77. The van der Waals surface area contributed by atoms with Crippen LogP contribution in [0.15, 0.2) is 17.4 Å². The normalized spacial score (nSPS) is 19.8. The summed E-state index contributed by atoms with van der Waals surface area (Å²) in [5.74, 6) is 1.79. The number of thioether (sulfide) groups is 1. The molecule has 2 heterocycles. The van der Waals surface area contributed by atoms with Gasteiger partial charge in [-0.3, -0.25) is 4.99 Å². The molecule has 1 aromatic rings. The van der Waals surface area contributed by atoms with Gasteiger partial charge >= 0.3 is 0 Å². The van der Waals surface area contributed by atoms with Crippen LogP contribution in [0.2, 0.25) is 0 Å². The largest absolute Gasteiger partial charge is 0.358 e. The van der Waals surface area contributed by atoms with E-state index in [-0.39, 0.29) is 0 Å². The molecular weight excluding hydrogens is 232 g/mol. The minimum atomic E-state index is 0.652. The van der Waals surface area contributed by atoms with E-state index >= 15 is 0 Å². The molecule has 94 valence electrons. The first-order valence-corrected chi connectivity index (χ1v) is 6.94. The zero-order chi connectivity index (χ0) is 12.3. The van der Waals surface area contributed by atoms with E-state index in [1.54, 1.807) is 0 Å². The SMILES string of the molecule is CC(C)CC1CN=C(NCc2nccn2C)S1. The average molecular weight is 252 g/mol. The first-order chi connectivity index (χ1) is 8.15. The molecule has 0 aliphatic carbocycles. The van der Waals surface area contributed by atoms with Crippen LogP contribution in [0, 0.1) is 5.92 Å². The molecule has 1 N–H and O–H groups in total. The summed E-state index contributed by atoms with van der Waals surface area (Å²) < 4.78 is 2.03. The topological polar surface area (TPSA) is 42.2 Å². The monoisotopic (exact) mass is 252 g/mol. The molecule has 0 bridgehead atoms. The van der Waals surface area contributed by atoms with E-state index in [9.17, 15) is 0 Å². The van der Waals surface area contributed by atoms with Crippen molar-refractivity contribution in [2.75, 3.05) is 6.54 Å². The summed E-state index contributed by atoms with van der Waals surface area (Å²) in [6, 6.07) is 0. The average Bonchev–Trinajstić information content (AvgIpc) is 2.84. The van der Waals surface area contributed by atoms with Crippen molar-refractivity contribution in [2.45, 2.75) is 32.1 Å². The van der Waals surface area contributed by atoms with Crippen LogP contribution in [0.3, 0.4) is 0 Å². The third kappa shape index (κ3) is 3.49. The zero-order valence-electron chi connectivity index (χ0n) is 10.7. The third-order valence-corrected chi connectivity index (χ3v) is 3.94. The van der Waals surface area contributed by atoms with Crippen LogP contribution in [0.1, 0.15) is 26.1 Å². The number of hydrogen-bond donors (Lipinski definition) is 1. The van der Waals surface area contributed by atoms with Gasteiger partial charge in [0.2, 0.25) is 0 Å². The predicted octanol–water partition coefficient (Wildman–Crippen LogP) is 2.03. The van der Waals surface area contributed by atoms with Gasteiger partial charge in [0.1, 0.15) is 5.82 Å². The summed E-state index contributed by atoms with van der Waals surface area (Å²) in [5.41, 5.74) is 0. The summed E-state index contributed by atoms with van der Waals surface area (Å²) in [7, 11) is 2.01. The Bertz CT molecular complexity index is 397. The van der Waals surface area contributed by atoms with Gasteiger partial charge in [0, 0.05) is 24.7 Å². The van der Waals surface area contributed by atoms with E-state index in [1.165, 1.54) is 6.42 Å². The highest BCUT2D eigenvalue weighted by Crippen LogP contribution is 2.25. The second kappa shape index (κ2) is 5.58. The summed E-state index contributed by atoms with van der Waals surface area (Å²) >= 11 is 1.87. The second-order valence-corrected chi connectivity index (χ2v) is 6.11. The molecule has 17 heavy (non-hydrogen) atoms. The Hall–Kier alpha value is -0.970. The molecule has 0 saturated carbocycles. The van der Waals surface area contributed by atoms with Crippen LogP contribution in [-0.4, -0.2) is 26.5 Å². The fraction of sp³-hybridized carbons (Fsp3) is 0.667. The maximum atomic E-state index is 4.53. The first kappa shape index (κ1) is 12.5. The molecular formula is C12H20N4S. The Morgan fingerprint density at radius 1 is 1.59 bits per heavy atom. The number of nitrogens with zero attached hydrogens (tertiary/aromatic N) is 3. The molecule has 0 aromatic carbocycles. The van der Waals surface area contributed by atoms with Crippen LogP contribution >= 0.6 is 11.8 Å². The lowest BCUT2D eigenvalue weighted by Gasteiger charge is -2.11. The van der Waals surface area contributed by atoms with E-state index in [4.69, 9.17) is 0 Å². The highest BCUT2D eigenvalue weighted by molar-refractivity contribution is 8.14. The van der Waals surface area contributed by atoms with Crippen molar-refractivity contribution in [1.82, 2.24) is 14.9 Å². The second-order valence-electron chi connectivity index (χ2n) is 4.82. The quantitative estimate of drug-likeness (QED) is 0.891. The molecule has 0 fully saturated rings. The number of nitrogens with one attached hydrogen (secondary N) is 1. The number of aromatic nitrogens is 2. The summed E-state index contributed by atoms with van der Waals surface area (Å²) in [4.78, 5) is 8.81. The highest BCUT2D eigenvalue weighted by atomic mass is 32.2. The lowest BCUT2D eigenvalue weighted by Crippen LogP contribution is -2.21.